The second-order valence-corrected chi connectivity index (χ2v) is 6.82. The van der Waals surface area contributed by atoms with Crippen LogP contribution in [0.5, 0.6) is 0 Å². The van der Waals surface area contributed by atoms with E-state index in [1.54, 1.807) is 32.4 Å². The van der Waals surface area contributed by atoms with Crippen molar-refractivity contribution < 1.29 is 17.6 Å². The number of sulfone groups is 1. The topological polar surface area (TPSA) is 68.5 Å². The lowest BCUT2D eigenvalue weighted by Gasteiger charge is -2.15. The minimum atomic E-state index is -3.23. The summed E-state index contributed by atoms with van der Waals surface area (Å²) in [6.07, 6.45) is 1.20. The van der Waals surface area contributed by atoms with Gasteiger partial charge in [-0.2, -0.15) is 0 Å². The molecule has 0 saturated heterocycles. The van der Waals surface area contributed by atoms with Crippen molar-refractivity contribution in [1.82, 2.24) is 5.32 Å². The van der Waals surface area contributed by atoms with Crippen molar-refractivity contribution in [2.24, 2.45) is 0 Å². The highest BCUT2D eigenvalue weighted by atomic mass is 32.2. The maximum absolute atomic E-state index is 11.7. The van der Waals surface area contributed by atoms with Crippen LogP contribution in [-0.4, -0.2) is 28.8 Å². The number of ether oxygens (including phenoxy) is 1. The van der Waals surface area contributed by atoms with Gasteiger partial charge in [0.2, 0.25) is 0 Å². The van der Waals surface area contributed by atoms with E-state index >= 15 is 0 Å². The summed E-state index contributed by atoms with van der Waals surface area (Å²) in [5.74, 6) is 1.45. The Bertz CT molecular complexity index is 706. The lowest BCUT2D eigenvalue weighted by Crippen LogP contribution is -2.17. The maximum atomic E-state index is 11.7. The maximum Gasteiger partial charge on any atom is 0.175 e. The fourth-order valence-corrected chi connectivity index (χ4v) is 2.84. The third-order valence-electron chi connectivity index (χ3n) is 3.16. The van der Waals surface area contributed by atoms with Crippen LogP contribution in [0.4, 0.5) is 0 Å². The molecule has 0 saturated carbocycles. The molecule has 0 fully saturated rings. The quantitative estimate of drug-likeness (QED) is 0.885. The van der Waals surface area contributed by atoms with Crippen LogP contribution < -0.4 is 5.32 Å². The molecule has 0 radical (unpaired) electrons. The van der Waals surface area contributed by atoms with Gasteiger partial charge >= 0.3 is 0 Å². The van der Waals surface area contributed by atoms with Crippen molar-refractivity contribution in [3.8, 4) is 0 Å². The molecule has 1 N–H and O–H groups in total. The van der Waals surface area contributed by atoms with Gasteiger partial charge in [0.05, 0.1) is 10.9 Å². The lowest BCUT2D eigenvalue weighted by atomic mass is 10.1. The molecule has 1 aromatic carbocycles. The standard InChI is InChI=1S/C15H19NO4S/c1-16-15(14-8-7-12(20-14)10-19-2)11-5-4-6-13(9-11)21(3,17)18/h4-9,15-16H,10H2,1-3H3. The molecule has 0 aliphatic heterocycles. The minimum absolute atomic E-state index is 0.211. The van der Waals surface area contributed by atoms with E-state index in [9.17, 15) is 8.42 Å². The highest BCUT2D eigenvalue weighted by molar-refractivity contribution is 7.90. The molecule has 5 nitrogen and oxygen atoms in total. The zero-order chi connectivity index (χ0) is 15.5. The van der Waals surface area contributed by atoms with E-state index in [1.165, 1.54) is 6.26 Å². The molecule has 0 bridgehead atoms. The summed E-state index contributed by atoms with van der Waals surface area (Å²) >= 11 is 0. The first kappa shape index (κ1) is 15.8. The molecule has 21 heavy (non-hydrogen) atoms. The van der Waals surface area contributed by atoms with Gasteiger partial charge in [0.15, 0.2) is 9.84 Å². The molecular formula is C15H19NO4S. The Kier molecular flexibility index (Phi) is 4.82. The molecule has 2 rings (SSSR count). The molecule has 1 aromatic heterocycles. The Labute approximate surface area is 124 Å². The predicted molar refractivity (Wildman–Crippen MR) is 79.9 cm³/mol. The van der Waals surface area contributed by atoms with Crippen LogP contribution >= 0.6 is 0 Å². The van der Waals surface area contributed by atoms with Crippen LogP contribution in [0.3, 0.4) is 0 Å². The van der Waals surface area contributed by atoms with Gasteiger partial charge < -0.3 is 14.5 Å². The second kappa shape index (κ2) is 6.43. The Morgan fingerprint density at radius 3 is 2.67 bits per heavy atom. The zero-order valence-electron chi connectivity index (χ0n) is 12.3. The molecule has 6 heteroatoms. The van der Waals surface area contributed by atoms with E-state index in [4.69, 9.17) is 9.15 Å². The average Bonchev–Trinajstić information content (AvgIpc) is 2.88. The van der Waals surface area contributed by atoms with Gasteiger partial charge in [-0.15, -0.1) is 0 Å². The Hall–Kier alpha value is -1.63. The van der Waals surface area contributed by atoms with Crippen LogP contribution in [0.1, 0.15) is 23.1 Å². The van der Waals surface area contributed by atoms with E-state index in [0.29, 0.717) is 11.5 Å². The lowest BCUT2D eigenvalue weighted by molar-refractivity contribution is 0.162. The van der Waals surface area contributed by atoms with Crippen LogP contribution in [-0.2, 0) is 21.2 Å². The van der Waals surface area contributed by atoms with Crippen molar-refractivity contribution in [2.45, 2.75) is 17.5 Å². The highest BCUT2D eigenvalue weighted by Gasteiger charge is 2.18. The summed E-state index contributed by atoms with van der Waals surface area (Å²) in [6.45, 7) is 0.403. The minimum Gasteiger partial charge on any atom is -0.462 e. The number of furan rings is 1. The predicted octanol–water partition coefficient (Wildman–Crippen LogP) is 2.14. The molecule has 1 atom stereocenters. The first-order valence-electron chi connectivity index (χ1n) is 6.50. The van der Waals surface area contributed by atoms with Crippen LogP contribution in [0.2, 0.25) is 0 Å². The number of hydrogen-bond acceptors (Lipinski definition) is 5. The molecule has 1 unspecified atom stereocenters. The second-order valence-electron chi connectivity index (χ2n) is 4.80. The zero-order valence-corrected chi connectivity index (χ0v) is 13.1. The number of methoxy groups -OCH3 is 1. The third-order valence-corrected chi connectivity index (χ3v) is 4.27. The van der Waals surface area contributed by atoms with Crippen LogP contribution in [0, 0.1) is 0 Å². The first-order valence-corrected chi connectivity index (χ1v) is 8.39. The van der Waals surface area contributed by atoms with Gasteiger partial charge in [0.25, 0.3) is 0 Å². The smallest absolute Gasteiger partial charge is 0.175 e. The summed E-state index contributed by atoms with van der Waals surface area (Å²) in [5.41, 5.74) is 0.832. The first-order chi connectivity index (χ1) is 9.95. The van der Waals surface area contributed by atoms with Crippen LogP contribution in [0.25, 0.3) is 0 Å². The highest BCUT2D eigenvalue weighted by Crippen LogP contribution is 2.25. The monoisotopic (exact) mass is 309 g/mol. The SMILES string of the molecule is CNC(c1cccc(S(C)(=O)=O)c1)c1ccc(COC)o1. The molecule has 1 heterocycles. The van der Waals surface area contributed by atoms with Gasteiger partial charge in [-0.1, -0.05) is 12.1 Å². The average molecular weight is 309 g/mol. The van der Waals surface area contributed by atoms with E-state index in [1.807, 2.05) is 18.2 Å². The van der Waals surface area contributed by atoms with E-state index in [0.717, 1.165) is 17.1 Å². The Morgan fingerprint density at radius 2 is 2.05 bits per heavy atom. The van der Waals surface area contributed by atoms with Crippen LogP contribution in [0.15, 0.2) is 45.7 Å². The van der Waals surface area contributed by atoms with Gasteiger partial charge in [-0.05, 0) is 36.9 Å². The normalized spacial score (nSPS) is 13.3. The molecule has 114 valence electrons. The fourth-order valence-electron chi connectivity index (χ4n) is 2.17. The number of hydrogen-bond donors (Lipinski definition) is 1. The van der Waals surface area contributed by atoms with E-state index in [-0.39, 0.29) is 6.04 Å². The van der Waals surface area contributed by atoms with Gasteiger partial charge in [-0.3, -0.25) is 0 Å². The molecule has 0 amide bonds. The number of rotatable bonds is 6. The van der Waals surface area contributed by atoms with Crippen molar-refractivity contribution in [3.63, 3.8) is 0 Å². The summed E-state index contributed by atoms with van der Waals surface area (Å²) in [6, 6.07) is 10.4. The number of benzene rings is 1. The van der Waals surface area contributed by atoms with Crippen molar-refractivity contribution >= 4 is 9.84 Å². The fraction of sp³-hybridized carbons (Fsp3) is 0.333. The largest absolute Gasteiger partial charge is 0.462 e. The summed E-state index contributed by atoms with van der Waals surface area (Å²) in [5, 5.41) is 3.14. The van der Waals surface area contributed by atoms with Crippen molar-refractivity contribution in [3.05, 3.63) is 53.5 Å². The van der Waals surface area contributed by atoms with Gasteiger partial charge in [0, 0.05) is 13.4 Å². The molecule has 0 spiro atoms. The third kappa shape index (κ3) is 3.72. The van der Waals surface area contributed by atoms with Gasteiger partial charge in [-0.25, -0.2) is 8.42 Å². The summed E-state index contributed by atoms with van der Waals surface area (Å²) in [7, 11) is 0.175. The van der Waals surface area contributed by atoms with E-state index < -0.39 is 9.84 Å². The number of nitrogens with one attached hydrogen (secondary N) is 1. The Morgan fingerprint density at radius 1 is 1.29 bits per heavy atom. The van der Waals surface area contributed by atoms with Crippen molar-refractivity contribution in [2.75, 3.05) is 20.4 Å². The molecule has 0 aliphatic rings. The van der Waals surface area contributed by atoms with Gasteiger partial charge in [0.1, 0.15) is 18.1 Å². The molecular weight excluding hydrogens is 290 g/mol. The van der Waals surface area contributed by atoms with E-state index in [2.05, 4.69) is 5.32 Å². The van der Waals surface area contributed by atoms with Crippen molar-refractivity contribution in [1.29, 1.82) is 0 Å². The Balaban J connectivity index is 2.36. The summed E-state index contributed by atoms with van der Waals surface area (Å²) < 4.78 is 34.1. The molecule has 0 aliphatic carbocycles. The summed E-state index contributed by atoms with van der Waals surface area (Å²) in [4.78, 5) is 0.295. The molecule has 2 aromatic rings.